The van der Waals surface area contributed by atoms with Gasteiger partial charge in [-0.05, 0) is 30.7 Å². The van der Waals surface area contributed by atoms with Crippen molar-refractivity contribution >= 4 is 28.7 Å². The lowest BCUT2D eigenvalue weighted by molar-refractivity contribution is -0.383. The van der Waals surface area contributed by atoms with E-state index in [2.05, 4.69) is 5.32 Å². The fourth-order valence-corrected chi connectivity index (χ4v) is 1.79. The molecule has 4 nitrogen and oxygen atoms in total. The Hall–Kier alpha value is -2.07. The fourth-order valence-electron chi connectivity index (χ4n) is 1.62. The number of hydrogen-bond acceptors (Lipinski definition) is 3. The number of nitrogens with zero attached hydrogens (tertiary/aromatic N) is 1. The van der Waals surface area contributed by atoms with Gasteiger partial charge in [0.05, 0.1) is 4.92 Å². The van der Waals surface area contributed by atoms with Crippen LogP contribution in [0.1, 0.15) is 5.56 Å². The standard InChI is InChI=1S/C13H11ClN2O2/c1-9-4-2-3-5-11(9)15-12-7-6-10(14)8-13(12)16(17)18/h2-8,15H,1H3. The minimum atomic E-state index is -0.452. The van der Waals surface area contributed by atoms with Gasteiger partial charge in [-0.2, -0.15) is 0 Å². The van der Waals surface area contributed by atoms with Crippen molar-refractivity contribution in [2.45, 2.75) is 6.92 Å². The van der Waals surface area contributed by atoms with Gasteiger partial charge in [0, 0.05) is 16.8 Å². The number of aryl methyl sites for hydroxylation is 1. The Balaban J connectivity index is 2.41. The summed E-state index contributed by atoms with van der Waals surface area (Å²) in [5.41, 5.74) is 2.24. The highest BCUT2D eigenvalue weighted by Crippen LogP contribution is 2.31. The molecule has 0 aromatic heterocycles. The normalized spacial score (nSPS) is 10.1. The van der Waals surface area contributed by atoms with Gasteiger partial charge in [0.25, 0.3) is 5.69 Å². The van der Waals surface area contributed by atoms with E-state index >= 15 is 0 Å². The van der Waals surface area contributed by atoms with Gasteiger partial charge in [-0.1, -0.05) is 29.8 Å². The molecule has 0 aliphatic heterocycles. The van der Waals surface area contributed by atoms with Gasteiger partial charge in [-0.3, -0.25) is 10.1 Å². The quantitative estimate of drug-likeness (QED) is 0.663. The van der Waals surface area contributed by atoms with Crippen molar-refractivity contribution in [3.8, 4) is 0 Å². The fraction of sp³-hybridized carbons (Fsp3) is 0.0769. The van der Waals surface area contributed by atoms with Crippen molar-refractivity contribution in [3.05, 3.63) is 63.2 Å². The van der Waals surface area contributed by atoms with Crippen LogP contribution in [0, 0.1) is 17.0 Å². The molecule has 0 fully saturated rings. The van der Waals surface area contributed by atoms with Crippen LogP contribution in [0.4, 0.5) is 17.1 Å². The number of nitrogens with one attached hydrogen (secondary N) is 1. The topological polar surface area (TPSA) is 55.2 Å². The van der Waals surface area contributed by atoms with E-state index < -0.39 is 4.92 Å². The van der Waals surface area contributed by atoms with Crippen LogP contribution >= 0.6 is 11.6 Å². The molecule has 2 aromatic rings. The molecule has 2 rings (SSSR count). The van der Waals surface area contributed by atoms with Crippen molar-refractivity contribution in [1.82, 2.24) is 0 Å². The molecular formula is C13H11ClN2O2. The van der Waals surface area contributed by atoms with E-state index in [0.29, 0.717) is 10.7 Å². The summed E-state index contributed by atoms with van der Waals surface area (Å²) in [4.78, 5) is 10.5. The molecule has 0 saturated heterocycles. The van der Waals surface area contributed by atoms with Crippen molar-refractivity contribution in [1.29, 1.82) is 0 Å². The van der Waals surface area contributed by atoms with Gasteiger partial charge in [-0.25, -0.2) is 0 Å². The van der Waals surface area contributed by atoms with Crippen LogP contribution in [0.25, 0.3) is 0 Å². The van der Waals surface area contributed by atoms with Crippen LogP contribution in [0.15, 0.2) is 42.5 Å². The summed E-state index contributed by atoms with van der Waals surface area (Å²) >= 11 is 5.76. The van der Waals surface area contributed by atoms with Gasteiger partial charge in [0.2, 0.25) is 0 Å². The Morgan fingerprint density at radius 2 is 1.89 bits per heavy atom. The average Bonchev–Trinajstić information content (AvgIpc) is 2.34. The first kappa shape index (κ1) is 12.4. The van der Waals surface area contributed by atoms with E-state index in [4.69, 9.17) is 11.6 Å². The number of benzene rings is 2. The molecule has 0 unspecified atom stereocenters. The maximum Gasteiger partial charge on any atom is 0.294 e. The molecule has 2 aromatic carbocycles. The number of hydrogen-bond donors (Lipinski definition) is 1. The molecule has 5 heteroatoms. The second-order valence-electron chi connectivity index (χ2n) is 3.86. The SMILES string of the molecule is Cc1ccccc1Nc1ccc(Cl)cc1[N+](=O)[O-]. The molecule has 0 aliphatic carbocycles. The first-order valence-electron chi connectivity index (χ1n) is 5.34. The summed E-state index contributed by atoms with van der Waals surface area (Å²) < 4.78 is 0. The summed E-state index contributed by atoms with van der Waals surface area (Å²) in [7, 11) is 0. The van der Waals surface area contributed by atoms with Crippen molar-refractivity contribution < 1.29 is 4.92 Å². The molecule has 0 spiro atoms. The molecule has 92 valence electrons. The second kappa shape index (κ2) is 5.06. The Morgan fingerprint density at radius 1 is 1.17 bits per heavy atom. The summed E-state index contributed by atoms with van der Waals surface area (Å²) in [5, 5.41) is 14.3. The van der Waals surface area contributed by atoms with Gasteiger partial charge >= 0.3 is 0 Å². The van der Waals surface area contributed by atoms with E-state index in [0.717, 1.165) is 11.3 Å². The largest absolute Gasteiger partial charge is 0.350 e. The summed E-state index contributed by atoms with van der Waals surface area (Å²) in [6, 6.07) is 12.1. The van der Waals surface area contributed by atoms with Crippen molar-refractivity contribution in [2.24, 2.45) is 0 Å². The lowest BCUT2D eigenvalue weighted by Crippen LogP contribution is -1.98. The number of para-hydroxylation sites is 1. The van der Waals surface area contributed by atoms with E-state index in [1.807, 2.05) is 31.2 Å². The first-order valence-corrected chi connectivity index (χ1v) is 5.72. The van der Waals surface area contributed by atoms with Crippen molar-refractivity contribution in [3.63, 3.8) is 0 Å². The third-order valence-corrected chi connectivity index (χ3v) is 2.81. The van der Waals surface area contributed by atoms with Crippen LogP contribution in [0.5, 0.6) is 0 Å². The zero-order chi connectivity index (χ0) is 13.1. The average molecular weight is 263 g/mol. The van der Waals surface area contributed by atoms with E-state index in [1.54, 1.807) is 12.1 Å². The monoisotopic (exact) mass is 262 g/mol. The Labute approximate surface area is 109 Å². The van der Waals surface area contributed by atoms with E-state index in [-0.39, 0.29) is 5.69 Å². The van der Waals surface area contributed by atoms with Gasteiger partial charge in [0.15, 0.2) is 0 Å². The minimum absolute atomic E-state index is 0.0363. The maximum atomic E-state index is 11.0. The number of rotatable bonds is 3. The molecule has 0 radical (unpaired) electrons. The van der Waals surface area contributed by atoms with Crippen molar-refractivity contribution in [2.75, 3.05) is 5.32 Å². The summed E-state index contributed by atoms with van der Waals surface area (Å²) in [5.74, 6) is 0. The van der Waals surface area contributed by atoms with Gasteiger partial charge in [-0.15, -0.1) is 0 Å². The van der Waals surface area contributed by atoms with Crippen LogP contribution in [-0.4, -0.2) is 4.92 Å². The number of anilines is 2. The van der Waals surface area contributed by atoms with Gasteiger partial charge in [0.1, 0.15) is 5.69 Å². The smallest absolute Gasteiger partial charge is 0.294 e. The van der Waals surface area contributed by atoms with Crippen LogP contribution in [0.3, 0.4) is 0 Å². The second-order valence-corrected chi connectivity index (χ2v) is 4.29. The lowest BCUT2D eigenvalue weighted by Gasteiger charge is -2.09. The Bertz CT molecular complexity index is 599. The maximum absolute atomic E-state index is 11.0. The van der Waals surface area contributed by atoms with Crippen LogP contribution < -0.4 is 5.32 Å². The highest BCUT2D eigenvalue weighted by molar-refractivity contribution is 6.30. The highest BCUT2D eigenvalue weighted by Gasteiger charge is 2.14. The van der Waals surface area contributed by atoms with E-state index in [1.165, 1.54) is 6.07 Å². The molecule has 0 bridgehead atoms. The molecule has 0 amide bonds. The molecular weight excluding hydrogens is 252 g/mol. The number of halogens is 1. The number of nitro benzene ring substituents is 1. The van der Waals surface area contributed by atoms with E-state index in [9.17, 15) is 10.1 Å². The third-order valence-electron chi connectivity index (χ3n) is 2.57. The predicted molar refractivity (Wildman–Crippen MR) is 72.6 cm³/mol. The third kappa shape index (κ3) is 2.60. The van der Waals surface area contributed by atoms with Crippen LogP contribution in [0.2, 0.25) is 5.02 Å². The summed E-state index contributed by atoms with van der Waals surface area (Å²) in [6.45, 7) is 1.93. The first-order chi connectivity index (χ1) is 8.58. The highest BCUT2D eigenvalue weighted by atomic mass is 35.5. The molecule has 1 N–H and O–H groups in total. The zero-order valence-corrected chi connectivity index (χ0v) is 10.4. The Kier molecular flexibility index (Phi) is 3.48. The Morgan fingerprint density at radius 3 is 2.56 bits per heavy atom. The molecule has 0 saturated carbocycles. The van der Waals surface area contributed by atoms with Crippen LogP contribution in [-0.2, 0) is 0 Å². The summed E-state index contributed by atoms with van der Waals surface area (Å²) in [6.07, 6.45) is 0. The molecule has 0 heterocycles. The zero-order valence-electron chi connectivity index (χ0n) is 9.68. The molecule has 0 aliphatic rings. The molecule has 18 heavy (non-hydrogen) atoms. The minimum Gasteiger partial charge on any atom is -0.350 e. The lowest BCUT2D eigenvalue weighted by atomic mass is 10.2. The molecule has 0 atom stereocenters. The van der Waals surface area contributed by atoms with Gasteiger partial charge < -0.3 is 5.32 Å². The number of nitro groups is 1. The predicted octanol–water partition coefficient (Wildman–Crippen LogP) is 4.30.